The van der Waals surface area contributed by atoms with Gasteiger partial charge in [-0.15, -0.1) is 11.3 Å². The lowest BCUT2D eigenvalue weighted by Crippen LogP contribution is -2.42. The Kier molecular flexibility index (Phi) is 5.37. The lowest BCUT2D eigenvalue weighted by Gasteiger charge is -2.19. The highest BCUT2D eigenvalue weighted by Gasteiger charge is 2.21. The molecule has 0 radical (unpaired) electrons. The fraction of sp³-hybridized carbons (Fsp3) is 0.105. The Morgan fingerprint density at radius 1 is 0.963 bits per heavy atom. The van der Waals surface area contributed by atoms with Crippen LogP contribution in [0.3, 0.4) is 0 Å². The van der Waals surface area contributed by atoms with E-state index in [0.717, 1.165) is 4.88 Å². The second-order valence-corrected chi connectivity index (χ2v) is 6.97. The summed E-state index contributed by atoms with van der Waals surface area (Å²) in [7, 11) is 1.55. The number of hydrogen-bond donors (Lipinski definition) is 2. The summed E-state index contributed by atoms with van der Waals surface area (Å²) < 4.78 is 5.12. The van der Waals surface area contributed by atoms with Gasteiger partial charge in [0.15, 0.2) is 5.76 Å². The van der Waals surface area contributed by atoms with Gasteiger partial charge in [-0.2, -0.15) is 0 Å². The van der Waals surface area contributed by atoms with Crippen LogP contribution in [0.5, 0.6) is 0 Å². The Morgan fingerprint density at radius 3 is 2.37 bits per heavy atom. The molecule has 3 aromatic rings. The van der Waals surface area contributed by atoms with Crippen molar-refractivity contribution in [3.63, 3.8) is 0 Å². The number of para-hydroxylation sites is 1. The largest absolute Gasteiger partial charge is 0.459 e. The Morgan fingerprint density at radius 2 is 1.70 bits per heavy atom. The van der Waals surface area contributed by atoms with Gasteiger partial charge >= 0.3 is 0 Å². The number of hydrogen-bond acceptors (Lipinski definition) is 5. The van der Waals surface area contributed by atoms with Crippen molar-refractivity contribution in [3.05, 3.63) is 75.9 Å². The predicted octanol–water partition coefficient (Wildman–Crippen LogP) is 3.00. The van der Waals surface area contributed by atoms with Crippen LogP contribution in [0.4, 0.5) is 5.69 Å². The summed E-state index contributed by atoms with van der Waals surface area (Å²) in [5, 5.41) is 0. The molecule has 0 aliphatic carbocycles. The molecule has 0 spiro atoms. The molecule has 0 saturated heterocycles. The molecule has 8 heteroatoms. The minimum Gasteiger partial charge on any atom is -0.459 e. The normalized spacial score (nSPS) is 10.3. The molecule has 2 N–H and O–H groups in total. The molecule has 0 unspecified atom stereocenters. The fourth-order valence-electron chi connectivity index (χ4n) is 2.43. The Labute approximate surface area is 159 Å². The zero-order valence-corrected chi connectivity index (χ0v) is 15.5. The average Bonchev–Trinajstić information content (AvgIpc) is 3.36. The lowest BCUT2D eigenvalue weighted by atomic mass is 10.1. The number of hydrazine groups is 1. The number of nitrogens with one attached hydrogen (secondary N) is 2. The van der Waals surface area contributed by atoms with Crippen molar-refractivity contribution < 1.29 is 18.8 Å². The molecule has 0 bridgehead atoms. The van der Waals surface area contributed by atoms with E-state index < -0.39 is 17.7 Å². The van der Waals surface area contributed by atoms with Crippen LogP contribution < -0.4 is 15.8 Å². The number of benzene rings is 1. The smallest absolute Gasteiger partial charge is 0.293 e. The van der Waals surface area contributed by atoms with Crippen molar-refractivity contribution >= 4 is 34.7 Å². The first-order valence-corrected chi connectivity index (χ1v) is 8.86. The number of amides is 3. The molecule has 2 aromatic heterocycles. The number of thiophene rings is 1. The summed E-state index contributed by atoms with van der Waals surface area (Å²) in [6, 6.07) is 13.3. The molecule has 0 aliphatic heterocycles. The van der Waals surface area contributed by atoms with Gasteiger partial charge in [-0.1, -0.05) is 12.1 Å². The number of nitrogens with zero attached hydrogens (tertiary/aromatic N) is 1. The summed E-state index contributed by atoms with van der Waals surface area (Å²) in [4.78, 5) is 39.9. The van der Waals surface area contributed by atoms with Gasteiger partial charge in [0, 0.05) is 11.9 Å². The van der Waals surface area contributed by atoms with E-state index in [1.54, 1.807) is 49.5 Å². The molecular weight excluding hydrogens is 366 g/mol. The van der Waals surface area contributed by atoms with Crippen LogP contribution >= 0.6 is 11.3 Å². The number of aryl methyl sites for hydroxylation is 1. The van der Waals surface area contributed by atoms with E-state index >= 15 is 0 Å². The molecule has 0 saturated carbocycles. The van der Waals surface area contributed by atoms with Crippen molar-refractivity contribution in [2.24, 2.45) is 0 Å². The highest BCUT2D eigenvalue weighted by Crippen LogP contribution is 2.21. The van der Waals surface area contributed by atoms with Crippen LogP contribution in [0.15, 0.2) is 59.2 Å². The fourth-order valence-corrected chi connectivity index (χ4v) is 3.19. The van der Waals surface area contributed by atoms with E-state index in [1.807, 2.05) is 13.0 Å². The Hall–Kier alpha value is -3.39. The van der Waals surface area contributed by atoms with Crippen molar-refractivity contribution in [2.75, 3.05) is 11.9 Å². The van der Waals surface area contributed by atoms with E-state index in [2.05, 4.69) is 10.9 Å². The van der Waals surface area contributed by atoms with Gasteiger partial charge in [0.05, 0.1) is 22.4 Å². The molecule has 1 aromatic carbocycles. The molecule has 0 aliphatic rings. The highest BCUT2D eigenvalue weighted by molar-refractivity contribution is 7.13. The van der Waals surface area contributed by atoms with Crippen molar-refractivity contribution in [3.8, 4) is 0 Å². The summed E-state index contributed by atoms with van der Waals surface area (Å²) in [6.07, 6.45) is 1.40. The Balaban J connectivity index is 1.74. The maximum Gasteiger partial charge on any atom is 0.293 e. The Bertz CT molecular complexity index is 979. The minimum atomic E-state index is -0.536. The zero-order chi connectivity index (χ0) is 19.4. The molecule has 0 fully saturated rings. The van der Waals surface area contributed by atoms with Gasteiger partial charge < -0.3 is 9.32 Å². The first-order chi connectivity index (χ1) is 13.0. The van der Waals surface area contributed by atoms with Gasteiger partial charge in [0.1, 0.15) is 0 Å². The highest BCUT2D eigenvalue weighted by atomic mass is 32.1. The molecule has 2 heterocycles. The molecule has 7 nitrogen and oxygen atoms in total. The summed E-state index contributed by atoms with van der Waals surface area (Å²) in [5.41, 5.74) is 5.39. The van der Waals surface area contributed by atoms with E-state index in [1.165, 1.54) is 22.5 Å². The molecule has 0 atom stereocenters. The van der Waals surface area contributed by atoms with Gasteiger partial charge in [0.25, 0.3) is 17.7 Å². The topological polar surface area (TPSA) is 91.7 Å². The maximum atomic E-state index is 12.5. The standard InChI is InChI=1S/C19H17N3O4S/c1-12-9-10-16(27-12)18(24)21-20-17(23)13-6-3-4-7-14(13)22(2)19(25)15-8-5-11-26-15/h3-11H,1-2H3,(H,20,23)(H,21,24). The number of furan rings is 1. The van der Waals surface area contributed by atoms with Crippen LogP contribution in [-0.2, 0) is 0 Å². The van der Waals surface area contributed by atoms with Crippen molar-refractivity contribution in [2.45, 2.75) is 6.92 Å². The number of carbonyl (C=O) groups excluding carboxylic acids is 3. The third-order valence-corrected chi connectivity index (χ3v) is 4.80. The van der Waals surface area contributed by atoms with Crippen molar-refractivity contribution in [1.82, 2.24) is 10.9 Å². The van der Waals surface area contributed by atoms with Crippen LogP contribution in [0.1, 0.15) is 35.5 Å². The predicted molar refractivity (Wildman–Crippen MR) is 102 cm³/mol. The number of rotatable bonds is 4. The maximum absolute atomic E-state index is 12.5. The first kappa shape index (κ1) is 18.4. The van der Waals surface area contributed by atoms with Crippen molar-refractivity contribution in [1.29, 1.82) is 0 Å². The van der Waals surface area contributed by atoms with E-state index in [-0.39, 0.29) is 11.3 Å². The van der Waals surface area contributed by atoms with Crippen LogP contribution in [0.25, 0.3) is 0 Å². The monoisotopic (exact) mass is 383 g/mol. The third-order valence-electron chi connectivity index (χ3n) is 3.80. The van der Waals surface area contributed by atoms with Gasteiger partial charge in [0.2, 0.25) is 0 Å². The van der Waals surface area contributed by atoms with Crippen LogP contribution in [-0.4, -0.2) is 24.8 Å². The van der Waals surface area contributed by atoms with Gasteiger partial charge in [-0.3, -0.25) is 25.2 Å². The third kappa shape index (κ3) is 4.06. The lowest BCUT2D eigenvalue weighted by molar-refractivity contribution is 0.0848. The molecule has 138 valence electrons. The average molecular weight is 383 g/mol. The molecule has 27 heavy (non-hydrogen) atoms. The van der Waals surface area contributed by atoms with E-state index in [0.29, 0.717) is 10.6 Å². The van der Waals surface area contributed by atoms with Gasteiger partial charge in [-0.25, -0.2) is 0 Å². The molecule has 3 rings (SSSR count). The minimum absolute atomic E-state index is 0.161. The second kappa shape index (κ2) is 7.88. The zero-order valence-electron chi connectivity index (χ0n) is 14.7. The van der Waals surface area contributed by atoms with E-state index in [9.17, 15) is 14.4 Å². The second-order valence-electron chi connectivity index (χ2n) is 5.68. The SMILES string of the molecule is Cc1ccc(C(=O)NNC(=O)c2ccccc2N(C)C(=O)c2ccco2)s1. The molecule has 3 amide bonds. The van der Waals surface area contributed by atoms with Crippen LogP contribution in [0.2, 0.25) is 0 Å². The summed E-state index contributed by atoms with van der Waals surface area (Å²) >= 11 is 1.33. The van der Waals surface area contributed by atoms with Crippen LogP contribution in [0, 0.1) is 6.92 Å². The van der Waals surface area contributed by atoms with Gasteiger partial charge in [-0.05, 0) is 43.3 Å². The number of carbonyl (C=O) groups is 3. The first-order valence-electron chi connectivity index (χ1n) is 8.05. The molecular formula is C19H17N3O4S. The summed E-state index contributed by atoms with van der Waals surface area (Å²) in [5.74, 6) is -1.17. The van der Waals surface area contributed by atoms with E-state index in [4.69, 9.17) is 4.42 Å². The summed E-state index contributed by atoms with van der Waals surface area (Å²) in [6.45, 7) is 1.89. The number of anilines is 1. The quantitative estimate of drug-likeness (QED) is 0.678.